The van der Waals surface area contributed by atoms with Gasteiger partial charge in [-0.15, -0.1) is 0 Å². The van der Waals surface area contributed by atoms with Crippen LogP contribution in [0.2, 0.25) is 0 Å². The van der Waals surface area contributed by atoms with Crippen LogP contribution in [0.4, 0.5) is 0 Å². The Bertz CT molecular complexity index is 160. The predicted octanol–water partition coefficient (Wildman–Crippen LogP) is 0.984. The molecule has 0 aromatic heterocycles. The average molecular weight is 184 g/mol. The molecule has 13 heavy (non-hydrogen) atoms. The summed E-state index contributed by atoms with van der Waals surface area (Å²) in [4.78, 5) is 13.7. The van der Waals surface area contributed by atoms with Crippen molar-refractivity contribution in [3.8, 4) is 0 Å². The molecule has 2 N–H and O–H groups in total. The van der Waals surface area contributed by atoms with Crippen molar-refractivity contribution in [2.24, 2.45) is 11.7 Å². The Morgan fingerprint density at radius 1 is 1.46 bits per heavy atom. The summed E-state index contributed by atoms with van der Waals surface area (Å²) in [6.45, 7) is 4.27. The van der Waals surface area contributed by atoms with Crippen LogP contribution in [0.1, 0.15) is 32.6 Å². The van der Waals surface area contributed by atoms with Crippen molar-refractivity contribution in [2.75, 3.05) is 19.6 Å². The van der Waals surface area contributed by atoms with Gasteiger partial charge in [-0.05, 0) is 19.3 Å². The summed E-state index contributed by atoms with van der Waals surface area (Å²) in [5.41, 5.74) is 5.46. The van der Waals surface area contributed by atoms with Crippen molar-refractivity contribution in [3.63, 3.8) is 0 Å². The van der Waals surface area contributed by atoms with Crippen LogP contribution in [0.15, 0.2) is 0 Å². The summed E-state index contributed by atoms with van der Waals surface area (Å²) in [7, 11) is 0. The molecule has 0 atom stereocenters. The number of nitrogens with zero attached hydrogens (tertiary/aromatic N) is 1. The van der Waals surface area contributed by atoms with Gasteiger partial charge in [0.25, 0.3) is 0 Å². The summed E-state index contributed by atoms with van der Waals surface area (Å²) < 4.78 is 0. The molecule has 0 heterocycles. The molecule has 1 aliphatic rings. The average Bonchev–Trinajstić information content (AvgIpc) is 2.01. The van der Waals surface area contributed by atoms with E-state index in [4.69, 9.17) is 5.73 Å². The minimum absolute atomic E-state index is 0.318. The fraction of sp³-hybridized carbons (Fsp3) is 0.900. The van der Waals surface area contributed by atoms with E-state index >= 15 is 0 Å². The maximum absolute atomic E-state index is 11.8. The molecule has 3 nitrogen and oxygen atoms in total. The number of amides is 1. The van der Waals surface area contributed by atoms with Gasteiger partial charge in [-0.1, -0.05) is 13.3 Å². The Kier molecular flexibility index (Phi) is 4.22. The third kappa shape index (κ3) is 2.69. The first-order valence-electron chi connectivity index (χ1n) is 5.28. The minimum atomic E-state index is 0.318. The maximum Gasteiger partial charge on any atom is 0.225 e. The summed E-state index contributed by atoms with van der Waals surface area (Å²) in [6, 6.07) is 0. The van der Waals surface area contributed by atoms with E-state index in [2.05, 4.69) is 6.92 Å². The maximum atomic E-state index is 11.8. The highest BCUT2D eigenvalue weighted by molar-refractivity contribution is 5.79. The second-order valence-corrected chi connectivity index (χ2v) is 3.74. The Hall–Kier alpha value is -0.570. The first kappa shape index (κ1) is 10.5. The van der Waals surface area contributed by atoms with Crippen LogP contribution in [-0.4, -0.2) is 30.4 Å². The molecule has 0 aliphatic heterocycles. The number of hydrogen-bond acceptors (Lipinski definition) is 2. The van der Waals surface area contributed by atoms with Crippen molar-refractivity contribution in [3.05, 3.63) is 0 Å². The van der Waals surface area contributed by atoms with Gasteiger partial charge in [0.2, 0.25) is 5.91 Å². The summed E-state index contributed by atoms with van der Waals surface area (Å²) in [6.07, 6.45) is 4.42. The number of carbonyl (C=O) groups is 1. The van der Waals surface area contributed by atoms with Gasteiger partial charge in [-0.25, -0.2) is 0 Å². The first-order valence-corrected chi connectivity index (χ1v) is 5.28. The molecule has 0 aromatic rings. The third-order valence-electron chi connectivity index (χ3n) is 2.66. The molecule has 1 aliphatic carbocycles. The zero-order chi connectivity index (χ0) is 9.68. The molecule has 1 saturated carbocycles. The molecule has 0 saturated heterocycles. The van der Waals surface area contributed by atoms with Crippen LogP contribution in [0.25, 0.3) is 0 Å². The van der Waals surface area contributed by atoms with Crippen LogP contribution in [-0.2, 0) is 4.79 Å². The molecule has 1 fully saturated rings. The lowest BCUT2D eigenvalue weighted by molar-refractivity contribution is -0.138. The Morgan fingerprint density at radius 2 is 2.15 bits per heavy atom. The lowest BCUT2D eigenvalue weighted by Gasteiger charge is -2.31. The normalized spacial score (nSPS) is 16.8. The van der Waals surface area contributed by atoms with E-state index in [1.54, 1.807) is 0 Å². The first-order chi connectivity index (χ1) is 6.29. The molecule has 0 spiro atoms. The summed E-state index contributed by atoms with van der Waals surface area (Å²) in [5.74, 6) is 0.650. The SMILES string of the molecule is CCCN(CCN)C(=O)C1CCC1. The lowest BCUT2D eigenvalue weighted by atomic mass is 9.84. The highest BCUT2D eigenvalue weighted by Crippen LogP contribution is 2.28. The standard InChI is InChI=1S/C10H20N2O/c1-2-7-12(8-6-11)10(13)9-4-3-5-9/h9H,2-8,11H2,1H3. The molecule has 0 aromatic carbocycles. The Balaban J connectivity index is 2.37. The lowest BCUT2D eigenvalue weighted by Crippen LogP contribution is -2.41. The van der Waals surface area contributed by atoms with Crippen molar-refractivity contribution in [2.45, 2.75) is 32.6 Å². The van der Waals surface area contributed by atoms with Crippen molar-refractivity contribution >= 4 is 5.91 Å². The number of rotatable bonds is 5. The third-order valence-corrected chi connectivity index (χ3v) is 2.66. The summed E-state index contributed by atoms with van der Waals surface area (Å²) >= 11 is 0. The Labute approximate surface area is 80.3 Å². The van der Waals surface area contributed by atoms with Crippen LogP contribution < -0.4 is 5.73 Å². The topological polar surface area (TPSA) is 46.3 Å². The van der Waals surface area contributed by atoms with E-state index in [9.17, 15) is 4.79 Å². The summed E-state index contributed by atoms with van der Waals surface area (Å²) in [5, 5.41) is 0. The highest BCUT2D eigenvalue weighted by Gasteiger charge is 2.28. The fourth-order valence-electron chi connectivity index (χ4n) is 1.67. The van der Waals surface area contributed by atoms with Gasteiger partial charge >= 0.3 is 0 Å². The van der Waals surface area contributed by atoms with Crippen LogP contribution in [0.5, 0.6) is 0 Å². The fourth-order valence-corrected chi connectivity index (χ4v) is 1.67. The monoisotopic (exact) mass is 184 g/mol. The zero-order valence-corrected chi connectivity index (χ0v) is 8.46. The molecule has 1 amide bonds. The van der Waals surface area contributed by atoms with Crippen molar-refractivity contribution in [1.29, 1.82) is 0 Å². The second kappa shape index (κ2) is 5.22. The van der Waals surface area contributed by atoms with Gasteiger partial charge in [-0.3, -0.25) is 4.79 Å². The Morgan fingerprint density at radius 3 is 2.54 bits per heavy atom. The van der Waals surface area contributed by atoms with Gasteiger partial charge in [0.05, 0.1) is 0 Å². The number of carbonyl (C=O) groups excluding carboxylic acids is 1. The van der Waals surface area contributed by atoms with Gasteiger partial charge in [0.1, 0.15) is 0 Å². The van der Waals surface area contributed by atoms with E-state index in [0.29, 0.717) is 18.4 Å². The predicted molar refractivity (Wildman–Crippen MR) is 53.3 cm³/mol. The molecular formula is C10H20N2O. The van der Waals surface area contributed by atoms with Gasteiger partial charge in [0, 0.05) is 25.6 Å². The molecule has 0 unspecified atom stereocenters. The smallest absolute Gasteiger partial charge is 0.225 e. The number of nitrogens with two attached hydrogens (primary N) is 1. The van der Waals surface area contributed by atoms with Crippen LogP contribution in [0.3, 0.4) is 0 Å². The molecule has 3 heteroatoms. The highest BCUT2D eigenvalue weighted by atomic mass is 16.2. The molecule has 0 radical (unpaired) electrons. The molecule has 76 valence electrons. The van der Waals surface area contributed by atoms with Gasteiger partial charge < -0.3 is 10.6 Å². The molecular weight excluding hydrogens is 164 g/mol. The largest absolute Gasteiger partial charge is 0.341 e. The zero-order valence-electron chi connectivity index (χ0n) is 8.46. The van der Waals surface area contributed by atoms with E-state index in [1.165, 1.54) is 6.42 Å². The van der Waals surface area contributed by atoms with E-state index < -0.39 is 0 Å². The van der Waals surface area contributed by atoms with E-state index in [0.717, 1.165) is 32.4 Å². The van der Waals surface area contributed by atoms with Crippen molar-refractivity contribution in [1.82, 2.24) is 4.90 Å². The minimum Gasteiger partial charge on any atom is -0.341 e. The van der Waals surface area contributed by atoms with Crippen LogP contribution >= 0.6 is 0 Å². The molecule has 1 rings (SSSR count). The van der Waals surface area contributed by atoms with Crippen LogP contribution in [0, 0.1) is 5.92 Å². The van der Waals surface area contributed by atoms with Gasteiger partial charge in [-0.2, -0.15) is 0 Å². The second-order valence-electron chi connectivity index (χ2n) is 3.74. The van der Waals surface area contributed by atoms with Gasteiger partial charge in [0.15, 0.2) is 0 Å². The molecule has 0 bridgehead atoms. The van der Waals surface area contributed by atoms with E-state index in [-0.39, 0.29) is 0 Å². The number of hydrogen-bond donors (Lipinski definition) is 1. The quantitative estimate of drug-likeness (QED) is 0.692. The van der Waals surface area contributed by atoms with Crippen molar-refractivity contribution < 1.29 is 4.79 Å². The van der Waals surface area contributed by atoms with E-state index in [1.807, 2.05) is 4.90 Å².